The lowest BCUT2D eigenvalue weighted by Crippen LogP contribution is -2.49. The molecular weight excluding hydrogens is 476 g/mol. The van der Waals surface area contributed by atoms with Crippen LogP contribution < -0.4 is 14.8 Å². The van der Waals surface area contributed by atoms with Crippen molar-refractivity contribution in [2.24, 2.45) is 0 Å². The molecule has 0 unspecified atom stereocenters. The Morgan fingerprint density at radius 1 is 1.11 bits per heavy atom. The minimum Gasteiger partial charge on any atom is -0.497 e. The highest BCUT2D eigenvalue weighted by Crippen LogP contribution is 2.45. The molecule has 1 heterocycles. The van der Waals surface area contributed by atoms with Gasteiger partial charge < -0.3 is 24.6 Å². The maximum atomic E-state index is 12.8. The van der Waals surface area contributed by atoms with Crippen molar-refractivity contribution >= 4 is 17.3 Å². The van der Waals surface area contributed by atoms with Crippen LogP contribution >= 0.6 is 0 Å². The molecule has 3 aromatic rings. The minimum absolute atomic E-state index is 0.00873. The number of nitrogens with zero attached hydrogens (tertiary/aromatic N) is 1. The number of nitro groups is 1. The van der Waals surface area contributed by atoms with Crippen molar-refractivity contribution in [1.82, 2.24) is 0 Å². The zero-order valence-electron chi connectivity index (χ0n) is 21.0. The van der Waals surface area contributed by atoms with E-state index in [0.717, 1.165) is 11.1 Å². The highest BCUT2D eigenvalue weighted by molar-refractivity contribution is 5.95. The molecule has 9 nitrogen and oxygen atoms in total. The summed E-state index contributed by atoms with van der Waals surface area (Å²) in [6.45, 7) is 3.71. The van der Waals surface area contributed by atoms with Gasteiger partial charge in [-0.25, -0.2) is 0 Å². The van der Waals surface area contributed by atoms with Crippen molar-refractivity contribution in [3.05, 3.63) is 93.5 Å². The fourth-order valence-corrected chi connectivity index (χ4v) is 4.28. The molecule has 0 saturated carbocycles. The van der Waals surface area contributed by atoms with Gasteiger partial charge in [0.1, 0.15) is 35.0 Å². The molecule has 0 spiro atoms. The van der Waals surface area contributed by atoms with Gasteiger partial charge in [-0.15, -0.1) is 0 Å². The lowest BCUT2D eigenvalue weighted by atomic mass is 9.88. The highest BCUT2D eigenvalue weighted by atomic mass is 16.6. The maximum absolute atomic E-state index is 12.8. The monoisotopic (exact) mass is 506 g/mol. The number of anilines is 1. The van der Waals surface area contributed by atoms with E-state index in [2.05, 4.69) is 5.32 Å². The lowest BCUT2D eigenvalue weighted by molar-refractivity contribution is -0.384. The van der Waals surface area contributed by atoms with Crippen LogP contribution in [0.4, 0.5) is 11.4 Å². The standard InChI is InChI=1S/C28H30N2O7/c1-28(2)27(32)26(36-14-13-18-7-5-4-6-8-18)21-16-22(23(30(33)34)17-24(21)37-28)29-25(31)15-19-9-11-20(35-3)12-10-19/h4-12,16-17,26-27,32H,13-15H2,1-3H3,(H,29,31)/t26-,27+/m0/s1. The van der Waals surface area contributed by atoms with E-state index in [9.17, 15) is 20.0 Å². The molecule has 1 aliphatic heterocycles. The molecule has 3 aromatic carbocycles. The van der Waals surface area contributed by atoms with Gasteiger partial charge in [-0.3, -0.25) is 14.9 Å². The normalized spacial score (nSPS) is 17.8. The van der Waals surface area contributed by atoms with Crippen LogP contribution in [0.1, 0.15) is 36.6 Å². The molecule has 37 heavy (non-hydrogen) atoms. The number of hydrogen-bond donors (Lipinski definition) is 2. The SMILES string of the molecule is COc1ccc(CC(=O)Nc2cc3c(cc2[N+](=O)[O-])OC(C)(C)[C@H](O)[C@H]3OCCc2ccccc2)cc1. The Labute approximate surface area is 215 Å². The first-order chi connectivity index (χ1) is 17.7. The molecule has 0 aromatic heterocycles. The first-order valence-corrected chi connectivity index (χ1v) is 12.0. The van der Waals surface area contributed by atoms with E-state index in [1.54, 1.807) is 45.2 Å². The van der Waals surface area contributed by atoms with Crippen LogP contribution in [0.3, 0.4) is 0 Å². The van der Waals surface area contributed by atoms with Crippen LogP contribution in [0, 0.1) is 10.1 Å². The van der Waals surface area contributed by atoms with Crippen molar-refractivity contribution in [2.45, 2.75) is 44.5 Å². The van der Waals surface area contributed by atoms with Gasteiger partial charge in [-0.1, -0.05) is 42.5 Å². The number of amides is 1. The number of nitrogens with one attached hydrogen (secondary N) is 1. The molecule has 2 N–H and O–H groups in total. The molecular formula is C28H30N2O7. The zero-order chi connectivity index (χ0) is 26.6. The van der Waals surface area contributed by atoms with E-state index in [4.69, 9.17) is 14.2 Å². The van der Waals surface area contributed by atoms with Crippen molar-refractivity contribution < 1.29 is 29.0 Å². The van der Waals surface area contributed by atoms with Gasteiger partial charge in [-0.05, 0) is 49.6 Å². The van der Waals surface area contributed by atoms with Crippen LogP contribution in [0.2, 0.25) is 0 Å². The second-order valence-electron chi connectivity index (χ2n) is 9.41. The highest BCUT2D eigenvalue weighted by Gasteiger charge is 2.44. The Hall–Kier alpha value is -3.95. The number of rotatable bonds is 9. The number of carbonyl (C=O) groups is 1. The molecule has 0 aliphatic carbocycles. The second-order valence-corrected chi connectivity index (χ2v) is 9.41. The predicted octanol–water partition coefficient (Wildman–Crippen LogP) is 4.62. The number of benzene rings is 3. The van der Waals surface area contributed by atoms with Gasteiger partial charge in [0.25, 0.3) is 5.69 Å². The first-order valence-electron chi connectivity index (χ1n) is 12.0. The van der Waals surface area contributed by atoms with Gasteiger partial charge in [0.15, 0.2) is 0 Å². The summed E-state index contributed by atoms with van der Waals surface area (Å²) in [6.07, 6.45) is -1.21. The van der Waals surface area contributed by atoms with E-state index in [-0.39, 0.29) is 23.5 Å². The van der Waals surface area contributed by atoms with Crippen LogP contribution in [-0.4, -0.2) is 41.4 Å². The molecule has 1 aliphatic rings. The Morgan fingerprint density at radius 3 is 2.46 bits per heavy atom. The second kappa shape index (κ2) is 11.0. The number of methoxy groups -OCH3 is 1. The minimum atomic E-state index is -1.04. The molecule has 0 fully saturated rings. The van der Waals surface area contributed by atoms with E-state index in [0.29, 0.717) is 24.3 Å². The van der Waals surface area contributed by atoms with Gasteiger partial charge in [0, 0.05) is 5.56 Å². The van der Waals surface area contributed by atoms with Crippen LogP contribution in [0.25, 0.3) is 0 Å². The Bertz CT molecular complexity index is 1260. The summed E-state index contributed by atoms with van der Waals surface area (Å²) < 4.78 is 17.2. The third kappa shape index (κ3) is 6.07. The average molecular weight is 507 g/mol. The fraction of sp³-hybridized carbons (Fsp3) is 0.321. The van der Waals surface area contributed by atoms with Crippen LogP contribution in [-0.2, 0) is 22.4 Å². The number of aliphatic hydroxyl groups is 1. The van der Waals surface area contributed by atoms with E-state index in [1.807, 2.05) is 30.3 Å². The summed E-state index contributed by atoms with van der Waals surface area (Å²) in [4.78, 5) is 24.1. The van der Waals surface area contributed by atoms with E-state index in [1.165, 1.54) is 12.1 Å². The van der Waals surface area contributed by atoms with Gasteiger partial charge >= 0.3 is 0 Å². The van der Waals surface area contributed by atoms with Crippen LogP contribution in [0.5, 0.6) is 11.5 Å². The number of ether oxygens (including phenoxy) is 3. The summed E-state index contributed by atoms with van der Waals surface area (Å²) in [5.74, 6) is 0.474. The molecule has 0 saturated heterocycles. The lowest BCUT2D eigenvalue weighted by Gasteiger charge is -2.41. The molecule has 2 atom stereocenters. The summed E-state index contributed by atoms with van der Waals surface area (Å²) in [5, 5.41) is 25.6. The molecule has 0 bridgehead atoms. The molecule has 9 heteroatoms. The quantitative estimate of drug-likeness (QED) is 0.321. The van der Waals surface area contributed by atoms with Crippen LogP contribution in [0.15, 0.2) is 66.7 Å². The number of fused-ring (bicyclic) bond motifs is 1. The maximum Gasteiger partial charge on any atom is 0.296 e. The molecule has 4 rings (SSSR count). The van der Waals surface area contributed by atoms with Gasteiger partial charge in [0.05, 0.1) is 31.1 Å². The number of hydrogen-bond acceptors (Lipinski definition) is 7. The summed E-state index contributed by atoms with van der Waals surface area (Å²) in [5.41, 5.74) is 0.897. The zero-order valence-corrected chi connectivity index (χ0v) is 21.0. The predicted molar refractivity (Wildman–Crippen MR) is 138 cm³/mol. The van der Waals surface area contributed by atoms with E-state index >= 15 is 0 Å². The number of nitro benzene ring substituents is 1. The summed E-state index contributed by atoms with van der Waals surface area (Å²) in [7, 11) is 1.55. The third-order valence-electron chi connectivity index (χ3n) is 6.33. The fourth-order valence-electron chi connectivity index (χ4n) is 4.28. The van der Waals surface area contributed by atoms with E-state index < -0.39 is 28.6 Å². The van der Waals surface area contributed by atoms with Crippen molar-refractivity contribution in [1.29, 1.82) is 0 Å². The molecule has 0 radical (unpaired) electrons. The molecule has 1 amide bonds. The largest absolute Gasteiger partial charge is 0.497 e. The number of aliphatic hydroxyl groups excluding tert-OH is 1. The number of carbonyl (C=O) groups excluding carboxylic acids is 1. The summed E-state index contributed by atoms with van der Waals surface area (Å²) in [6, 6.07) is 19.5. The summed E-state index contributed by atoms with van der Waals surface area (Å²) >= 11 is 0. The average Bonchev–Trinajstić information content (AvgIpc) is 2.87. The third-order valence-corrected chi connectivity index (χ3v) is 6.33. The van der Waals surface area contributed by atoms with Gasteiger partial charge in [0.2, 0.25) is 5.91 Å². The Kier molecular flexibility index (Phi) is 7.75. The van der Waals surface area contributed by atoms with Gasteiger partial charge in [-0.2, -0.15) is 0 Å². The van der Waals surface area contributed by atoms with Crippen molar-refractivity contribution in [2.75, 3.05) is 19.0 Å². The topological polar surface area (TPSA) is 120 Å². The van der Waals surface area contributed by atoms with Crippen molar-refractivity contribution in [3.8, 4) is 11.5 Å². The Balaban J connectivity index is 1.59. The first kappa shape index (κ1) is 26.1. The van der Waals surface area contributed by atoms with Crippen molar-refractivity contribution in [3.63, 3.8) is 0 Å². The smallest absolute Gasteiger partial charge is 0.296 e. The molecule has 194 valence electrons. The Morgan fingerprint density at radius 2 is 1.81 bits per heavy atom.